The van der Waals surface area contributed by atoms with Crippen molar-refractivity contribution in [3.05, 3.63) is 196 Å². The summed E-state index contributed by atoms with van der Waals surface area (Å²) in [5, 5.41) is 7.12. The Balaban J connectivity index is 1.23. The summed E-state index contributed by atoms with van der Waals surface area (Å²) in [6, 6.07) is 52.9. The van der Waals surface area contributed by atoms with E-state index >= 15 is 0 Å². The predicted molar refractivity (Wildman–Crippen MR) is 235 cm³/mol. The molecule has 3 aliphatic rings. The van der Waals surface area contributed by atoms with Crippen molar-refractivity contribution in [2.45, 2.75) is 17.9 Å². The molecule has 5 heteroatoms. The summed E-state index contributed by atoms with van der Waals surface area (Å²) >= 11 is 0. The maximum atomic E-state index is 7.77. The van der Waals surface area contributed by atoms with Gasteiger partial charge in [-0.1, -0.05) is 109 Å². The van der Waals surface area contributed by atoms with Crippen LogP contribution in [0.2, 0.25) is 0 Å². The standard InChI is InChI=1S/C53H43NO4/c1-34-15-23-42(56-3)33-47(34)53(45-13-7-9-35-16-17-36-10-8-14-46(53)50(36)49(35)45)48-31-37-18-24-41(55-2)32-44(37)51-43(48)25-26-52(58-51,38-11-5-4-6-12-38)39-19-21-40(22-20-39)54-27-29-57-30-28-54/h4-26,31-33H,27-30H2,1-3H3. The monoisotopic (exact) mass is 757 g/mol. The highest BCUT2D eigenvalue weighted by Gasteiger charge is 2.49. The largest absolute Gasteiger partial charge is 0.497 e. The van der Waals surface area contributed by atoms with Gasteiger partial charge in [-0.3, -0.25) is 0 Å². The van der Waals surface area contributed by atoms with Gasteiger partial charge < -0.3 is 23.8 Å². The molecule has 1 atom stereocenters. The summed E-state index contributed by atoms with van der Waals surface area (Å²) in [6.07, 6.45) is 4.61. The molecule has 0 spiro atoms. The third kappa shape index (κ3) is 4.93. The van der Waals surface area contributed by atoms with Crippen LogP contribution >= 0.6 is 0 Å². The fourth-order valence-corrected chi connectivity index (χ4v) is 10.2. The molecular weight excluding hydrogens is 715 g/mol. The van der Waals surface area contributed by atoms with Crippen LogP contribution in [0.25, 0.3) is 38.4 Å². The molecule has 0 saturated carbocycles. The highest BCUT2D eigenvalue weighted by atomic mass is 16.5. The van der Waals surface area contributed by atoms with Gasteiger partial charge in [0, 0.05) is 40.9 Å². The first-order valence-corrected chi connectivity index (χ1v) is 20.2. The van der Waals surface area contributed by atoms with Crippen LogP contribution in [0.15, 0.2) is 152 Å². The van der Waals surface area contributed by atoms with Crippen molar-refractivity contribution in [3.8, 4) is 17.2 Å². The molecule has 2 heterocycles. The smallest absolute Gasteiger partial charge is 0.178 e. The van der Waals surface area contributed by atoms with Gasteiger partial charge in [0.1, 0.15) is 17.2 Å². The van der Waals surface area contributed by atoms with Gasteiger partial charge in [0.25, 0.3) is 0 Å². The number of methoxy groups -OCH3 is 2. The molecule has 0 radical (unpaired) electrons. The van der Waals surface area contributed by atoms with Crippen LogP contribution in [0, 0.1) is 6.92 Å². The molecule has 5 nitrogen and oxygen atoms in total. The van der Waals surface area contributed by atoms with Crippen LogP contribution in [-0.2, 0) is 15.8 Å². The maximum Gasteiger partial charge on any atom is 0.178 e. The molecule has 0 aromatic heterocycles. The number of fused-ring (bicyclic) bond motifs is 3. The van der Waals surface area contributed by atoms with Crippen LogP contribution in [0.3, 0.4) is 0 Å². The van der Waals surface area contributed by atoms with Gasteiger partial charge in [-0.05, 0) is 110 Å². The number of morpholine rings is 1. The average Bonchev–Trinajstić information content (AvgIpc) is 3.60. The van der Waals surface area contributed by atoms with Crippen molar-refractivity contribution in [1.82, 2.24) is 0 Å². The molecule has 8 aromatic rings. The Hall–Kier alpha value is -6.56. The van der Waals surface area contributed by atoms with Crippen molar-refractivity contribution in [2.75, 3.05) is 45.4 Å². The van der Waals surface area contributed by atoms with Crippen molar-refractivity contribution in [2.24, 2.45) is 0 Å². The van der Waals surface area contributed by atoms with Crippen molar-refractivity contribution in [3.63, 3.8) is 0 Å². The lowest BCUT2D eigenvalue weighted by Crippen LogP contribution is -2.37. The van der Waals surface area contributed by atoms with Crippen molar-refractivity contribution < 1.29 is 18.9 Å². The van der Waals surface area contributed by atoms with Crippen LogP contribution in [0.4, 0.5) is 5.69 Å². The summed E-state index contributed by atoms with van der Waals surface area (Å²) in [6.45, 7) is 5.46. The van der Waals surface area contributed by atoms with Gasteiger partial charge in [0.2, 0.25) is 0 Å². The number of ether oxygens (including phenoxy) is 4. The molecule has 1 fully saturated rings. The predicted octanol–water partition coefficient (Wildman–Crippen LogP) is 11.4. The second kappa shape index (κ2) is 13.3. The highest BCUT2D eigenvalue weighted by molar-refractivity contribution is 6.16. The lowest BCUT2D eigenvalue weighted by Gasteiger charge is -2.41. The van der Waals surface area contributed by atoms with Crippen molar-refractivity contribution in [1.29, 1.82) is 0 Å². The van der Waals surface area contributed by atoms with Gasteiger partial charge in [0.05, 0.1) is 32.8 Å². The van der Waals surface area contributed by atoms with Gasteiger partial charge in [-0.2, -0.15) is 0 Å². The van der Waals surface area contributed by atoms with E-state index in [0.717, 1.165) is 76.6 Å². The number of benzene rings is 8. The molecule has 58 heavy (non-hydrogen) atoms. The summed E-state index contributed by atoms with van der Waals surface area (Å²) in [5.41, 5.74) is 8.77. The van der Waals surface area contributed by atoms with E-state index in [4.69, 9.17) is 18.9 Å². The van der Waals surface area contributed by atoms with E-state index in [2.05, 4.69) is 170 Å². The Kier molecular flexibility index (Phi) is 7.92. The molecular formula is C53H43NO4. The molecule has 1 aliphatic carbocycles. The lowest BCUT2D eigenvalue weighted by atomic mass is 9.64. The van der Waals surface area contributed by atoms with Crippen LogP contribution < -0.4 is 19.1 Å². The topological polar surface area (TPSA) is 40.2 Å². The number of aryl methyl sites for hydroxylation is 1. The summed E-state index contributed by atoms with van der Waals surface area (Å²) < 4.78 is 25.3. The zero-order valence-corrected chi connectivity index (χ0v) is 32.9. The third-order valence-electron chi connectivity index (χ3n) is 12.9. The maximum absolute atomic E-state index is 7.77. The Morgan fingerprint density at radius 1 is 0.569 bits per heavy atom. The lowest BCUT2D eigenvalue weighted by molar-refractivity contribution is 0.122. The fraction of sp³-hybridized carbons (Fsp3) is 0.170. The summed E-state index contributed by atoms with van der Waals surface area (Å²) in [4.78, 5) is 2.39. The first kappa shape index (κ1) is 34.7. The second-order valence-corrected chi connectivity index (χ2v) is 15.7. The normalized spacial score (nSPS) is 17.8. The molecule has 1 saturated heterocycles. The van der Waals surface area contributed by atoms with E-state index in [1.54, 1.807) is 14.2 Å². The SMILES string of the molecule is COc1ccc(C)c(C2(c3cc4ccc(OC)cc4c4c3C=CC(c3ccccc3)(c3ccc(N5CCOCC5)cc3)O4)c3cccc4ccc5cccc2c5c34)c1. The minimum absolute atomic E-state index is 0.709. The molecule has 8 aromatic carbocycles. The highest BCUT2D eigenvalue weighted by Crippen LogP contribution is 2.60. The van der Waals surface area contributed by atoms with Gasteiger partial charge in [0.15, 0.2) is 5.60 Å². The van der Waals surface area contributed by atoms with E-state index < -0.39 is 11.0 Å². The van der Waals surface area contributed by atoms with Crippen LogP contribution in [-0.4, -0.2) is 40.5 Å². The Morgan fingerprint density at radius 3 is 1.90 bits per heavy atom. The van der Waals surface area contributed by atoms with E-state index in [1.165, 1.54) is 49.5 Å². The Morgan fingerprint density at radius 2 is 1.21 bits per heavy atom. The Bertz CT molecular complexity index is 2880. The number of nitrogens with zero attached hydrogens (tertiary/aromatic N) is 1. The average molecular weight is 758 g/mol. The van der Waals surface area contributed by atoms with E-state index in [1.807, 2.05) is 0 Å². The zero-order valence-electron chi connectivity index (χ0n) is 32.9. The molecule has 2 aliphatic heterocycles. The minimum atomic E-state index is -0.913. The molecule has 284 valence electrons. The van der Waals surface area contributed by atoms with Gasteiger partial charge in [-0.25, -0.2) is 0 Å². The first-order chi connectivity index (χ1) is 28.5. The van der Waals surface area contributed by atoms with E-state index in [0.29, 0.717) is 0 Å². The first-order valence-electron chi connectivity index (χ1n) is 20.2. The number of hydrogen-bond donors (Lipinski definition) is 0. The second-order valence-electron chi connectivity index (χ2n) is 15.7. The van der Waals surface area contributed by atoms with Crippen LogP contribution in [0.1, 0.15) is 44.5 Å². The molecule has 1 unspecified atom stereocenters. The van der Waals surface area contributed by atoms with E-state index in [-0.39, 0.29) is 0 Å². The molecule has 11 rings (SSSR count). The Labute approximate surface area is 338 Å². The molecule has 0 N–H and O–H groups in total. The molecule has 0 amide bonds. The number of rotatable bonds is 7. The van der Waals surface area contributed by atoms with E-state index in [9.17, 15) is 0 Å². The van der Waals surface area contributed by atoms with Gasteiger partial charge >= 0.3 is 0 Å². The van der Waals surface area contributed by atoms with Crippen LogP contribution in [0.5, 0.6) is 17.2 Å². The zero-order chi connectivity index (χ0) is 39.0. The summed E-state index contributed by atoms with van der Waals surface area (Å²) in [7, 11) is 3.48. The van der Waals surface area contributed by atoms with Gasteiger partial charge in [-0.15, -0.1) is 0 Å². The molecule has 0 bridgehead atoms. The summed E-state index contributed by atoms with van der Waals surface area (Å²) in [5.74, 6) is 2.43. The van der Waals surface area contributed by atoms with Crippen molar-refractivity contribution >= 4 is 44.1 Å². The number of anilines is 1. The number of hydrogen-bond acceptors (Lipinski definition) is 5. The quantitative estimate of drug-likeness (QED) is 0.151. The fourth-order valence-electron chi connectivity index (χ4n) is 10.2. The minimum Gasteiger partial charge on any atom is -0.497 e. The third-order valence-corrected chi connectivity index (χ3v) is 12.9.